The summed E-state index contributed by atoms with van der Waals surface area (Å²) in [5.41, 5.74) is 2.65. The third-order valence-corrected chi connectivity index (χ3v) is 6.68. The highest BCUT2D eigenvalue weighted by Gasteiger charge is 2.59. The van der Waals surface area contributed by atoms with Crippen molar-refractivity contribution in [3.8, 4) is 0 Å². The van der Waals surface area contributed by atoms with E-state index < -0.39 is 0 Å². The van der Waals surface area contributed by atoms with Crippen LogP contribution in [0.3, 0.4) is 0 Å². The first-order valence-electron chi connectivity index (χ1n) is 10.4. The van der Waals surface area contributed by atoms with Crippen molar-refractivity contribution in [1.29, 1.82) is 0 Å². The maximum atomic E-state index is 12.6. The van der Waals surface area contributed by atoms with Gasteiger partial charge in [0.05, 0.1) is 11.8 Å². The molecule has 3 N–H and O–H groups in total. The quantitative estimate of drug-likeness (QED) is 0.485. The van der Waals surface area contributed by atoms with Gasteiger partial charge in [0.25, 0.3) is 11.8 Å². The molecule has 0 aromatic heterocycles. The van der Waals surface area contributed by atoms with Crippen LogP contribution in [0.2, 0.25) is 0 Å². The second kappa shape index (κ2) is 6.66. The van der Waals surface area contributed by atoms with Crippen LogP contribution >= 0.6 is 0 Å². The van der Waals surface area contributed by atoms with Crippen molar-refractivity contribution in [3.63, 3.8) is 0 Å². The van der Waals surface area contributed by atoms with E-state index in [2.05, 4.69) is 43.8 Å². The van der Waals surface area contributed by atoms with Gasteiger partial charge in [0, 0.05) is 30.1 Å². The Hall–Kier alpha value is -1.73. The van der Waals surface area contributed by atoms with E-state index in [-0.39, 0.29) is 58.9 Å². The number of fused-ring (bicyclic) bond motifs is 5. The van der Waals surface area contributed by atoms with Crippen LogP contribution in [0.15, 0.2) is 12.2 Å². The van der Waals surface area contributed by atoms with Gasteiger partial charge < -0.3 is 10.6 Å². The summed E-state index contributed by atoms with van der Waals surface area (Å²) in [5.74, 6) is -1.02. The first-order valence-corrected chi connectivity index (χ1v) is 10.4. The highest BCUT2D eigenvalue weighted by Crippen LogP contribution is 2.52. The Bertz CT molecular complexity index is 683. The largest absolute Gasteiger partial charge is 0.313 e. The average molecular weight is 389 g/mol. The topological polar surface area (TPSA) is 90.5 Å². The molecule has 4 rings (SSSR count). The van der Waals surface area contributed by atoms with Crippen LogP contribution < -0.4 is 16.1 Å². The predicted molar refractivity (Wildman–Crippen MR) is 105 cm³/mol. The number of allylic oxidation sites excluding steroid dienone is 2. The summed E-state index contributed by atoms with van der Waals surface area (Å²) < 4.78 is 0. The van der Waals surface area contributed by atoms with Crippen LogP contribution in [0.4, 0.5) is 0 Å². The lowest BCUT2D eigenvalue weighted by molar-refractivity contribution is -0.149. The van der Waals surface area contributed by atoms with Crippen LogP contribution in [0.5, 0.6) is 0 Å². The standard InChI is InChI=1S/C21H32N4O3/c1-20(2)10-14(11-21(3,4)24-20)22-8-7-15(26)23-25-18(27)16-12-5-6-13(9-12)17(16)19(25)28/h5-6,12-14,16-17,22,24H,7-11H2,1-4H3,(H,23,26). The molecule has 7 heteroatoms. The third-order valence-electron chi connectivity index (χ3n) is 6.68. The second-order valence-corrected chi connectivity index (χ2v) is 10.2. The normalized spacial score (nSPS) is 35.5. The van der Waals surface area contributed by atoms with Crippen molar-refractivity contribution in [2.45, 2.75) is 70.5 Å². The van der Waals surface area contributed by atoms with Crippen LogP contribution in [0.1, 0.15) is 53.4 Å². The zero-order valence-corrected chi connectivity index (χ0v) is 17.2. The number of amides is 3. The maximum absolute atomic E-state index is 12.6. The maximum Gasteiger partial charge on any atom is 0.252 e. The van der Waals surface area contributed by atoms with Gasteiger partial charge in [-0.25, -0.2) is 0 Å². The highest BCUT2D eigenvalue weighted by molar-refractivity contribution is 6.07. The van der Waals surface area contributed by atoms with Gasteiger partial charge in [-0.15, -0.1) is 0 Å². The molecule has 3 amide bonds. The minimum absolute atomic E-state index is 0.0429. The third kappa shape index (κ3) is 3.50. The summed E-state index contributed by atoms with van der Waals surface area (Å²) in [6, 6.07) is 0.329. The van der Waals surface area contributed by atoms with Gasteiger partial charge in [0.2, 0.25) is 5.91 Å². The number of hydrogen-bond donors (Lipinski definition) is 3. The summed E-state index contributed by atoms with van der Waals surface area (Å²) in [4.78, 5) is 37.6. The van der Waals surface area contributed by atoms with Gasteiger partial charge >= 0.3 is 0 Å². The van der Waals surface area contributed by atoms with E-state index in [9.17, 15) is 14.4 Å². The van der Waals surface area contributed by atoms with Gasteiger partial charge in [-0.3, -0.25) is 19.8 Å². The van der Waals surface area contributed by atoms with Crippen molar-refractivity contribution >= 4 is 17.7 Å². The molecule has 2 bridgehead atoms. The molecule has 2 aliphatic heterocycles. The number of imide groups is 1. The molecule has 3 fully saturated rings. The Balaban J connectivity index is 1.27. The molecule has 1 saturated carbocycles. The number of carbonyl (C=O) groups excluding carboxylic acids is 3. The van der Waals surface area contributed by atoms with E-state index in [0.29, 0.717) is 12.6 Å². The number of rotatable bonds is 5. The number of carbonyl (C=O) groups is 3. The molecular weight excluding hydrogens is 356 g/mol. The number of piperidine rings is 1. The molecule has 4 unspecified atom stereocenters. The Morgan fingerprint density at radius 3 is 2.14 bits per heavy atom. The molecule has 7 nitrogen and oxygen atoms in total. The monoisotopic (exact) mass is 388 g/mol. The fourth-order valence-electron chi connectivity index (χ4n) is 6.05. The zero-order valence-electron chi connectivity index (χ0n) is 17.2. The first-order chi connectivity index (χ1) is 13.1. The number of hydrogen-bond acceptors (Lipinski definition) is 5. The van der Waals surface area contributed by atoms with Crippen molar-refractivity contribution in [2.75, 3.05) is 6.54 Å². The van der Waals surface area contributed by atoms with Crippen molar-refractivity contribution < 1.29 is 14.4 Å². The van der Waals surface area contributed by atoms with Crippen molar-refractivity contribution in [2.24, 2.45) is 23.7 Å². The van der Waals surface area contributed by atoms with Crippen LogP contribution in [0, 0.1) is 23.7 Å². The van der Waals surface area contributed by atoms with Gasteiger partial charge in [-0.2, -0.15) is 5.01 Å². The fraction of sp³-hybridized carbons (Fsp3) is 0.762. The Labute approximate surface area is 166 Å². The molecule has 2 aliphatic carbocycles. The average Bonchev–Trinajstić information content (AvgIpc) is 3.22. The highest BCUT2D eigenvalue weighted by atomic mass is 16.2. The minimum atomic E-state index is -0.290. The molecule has 154 valence electrons. The van der Waals surface area contributed by atoms with E-state index in [4.69, 9.17) is 0 Å². The smallest absolute Gasteiger partial charge is 0.252 e. The van der Waals surface area contributed by atoms with E-state index in [1.54, 1.807) is 0 Å². The SMILES string of the molecule is CC1(C)CC(NCCC(=O)NN2C(=O)C3C4C=CC(C4)C3C2=O)CC(C)(C)N1. The molecule has 0 aromatic carbocycles. The van der Waals surface area contributed by atoms with Gasteiger partial charge in [0.15, 0.2) is 0 Å². The molecule has 0 aromatic rings. The zero-order chi connectivity index (χ0) is 20.3. The Kier molecular flexibility index (Phi) is 4.66. The lowest BCUT2D eigenvalue weighted by atomic mass is 9.79. The number of hydrazine groups is 1. The van der Waals surface area contributed by atoms with E-state index in [0.717, 1.165) is 24.3 Å². The molecule has 0 spiro atoms. The predicted octanol–water partition coefficient (Wildman–Crippen LogP) is 1.11. The molecule has 28 heavy (non-hydrogen) atoms. The van der Waals surface area contributed by atoms with Crippen LogP contribution in [0.25, 0.3) is 0 Å². The lowest BCUT2D eigenvalue weighted by Gasteiger charge is -2.46. The van der Waals surface area contributed by atoms with Gasteiger partial charge in [-0.05, 0) is 58.8 Å². The molecule has 4 aliphatic rings. The lowest BCUT2D eigenvalue weighted by Crippen LogP contribution is -2.61. The Morgan fingerprint density at radius 1 is 1.07 bits per heavy atom. The summed E-state index contributed by atoms with van der Waals surface area (Å²) in [5, 5.41) is 8.11. The Morgan fingerprint density at radius 2 is 1.61 bits per heavy atom. The summed E-state index contributed by atoms with van der Waals surface area (Å²) >= 11 is 0. The molecule has 2 heterocycles. The number of nitrogens with one attached hydrogen (secondary N) is 3. The van der Waals surface area contributed by atoms with E-state index >= 15 is 0 Å². The van der Waals surface area contributed by atoms with E-state index in [1.807, 2.05) is 12.2 Å². The molecular formula is C21H32N4O3. The first kappa shape index (κ1) is 19.6. The molecule has 4 atom stereocenters. The second-order valence-electron chi connectivity index (χ2n) is 10.2. The summed E-state index contributed by atoms with van der Waals surface area (Å²) in [6.45, 7) is 9.30. The van der Waals surface area contributed by atoms with Crippen molar-refractivity contribution in [3.05, 3.63) is 12.2 Å². The fourth-order valence-corrected chi connectivity index (χ4v) is 6.05. The summed E-state index contributed by atoms with van der Waals surface area (Å²) in [6.07, 6.45) is 7.20. The van der Waals surface area contributed by atoms with Gasteiger partial charge in [0.1, 0.15) is 0 Å². The van der Waals surface area contributed by atoms with E-state index in [1.165, 1.54) is 0 Å². The molecule has 2 saturated heterocycles. The van der Waals surface area contributed by atoms with Crippen LogP contribution in [-0.2, 0) is 14.4 Å². The van der Waals surface area contributed by atoms with Crippen LogP contribution in [-0.4, -0.2) is 46.4 Å². The number of nitrogens with zero attached hydrogens (tertiary/aromatic N) is 1. The summed E-state index contributed by atoms with van der Waals surface area (Å²) in [7, 11) is 0. The van der Waals surface area contributed by atoms with Crippen molar-refractivity contribution in [1.82, 2.24) is 21.1 Å². The van der Waals surface area contributed by atoms with Gasteiger partial charge in [-0.1, -0.05) is 12.2 Å². The molecule has 0 radical (unpaired) electrons. The minimum Gasteiger partial charge on any atom is -0.313 e.